The smallest absolute Gasteiger partial charge is 0.356 e. The molecule has 0 atom stereocenters. The minimum absolute atomic E-state index is 0.0247. The van der Waals surface area contributed by atoms with Gasteiger partial charge >= 0.3 is 5.97 Å². The molecular formula is C22H26N2O4Si. The van der Waals surface area contributed by atoms with Gasteiger partial charge in [-0.25, -0.2) is 9.48 Å². The maximum Gasteiger partial charge on any atom is 0.356 e. The van der Waals surface area contributed by atoms with Crippen LogP contribution in [0, 0.1) is 0 Å². The Balaban J connectivity index is 1.88. The van der Waals surface area contributed by atoms with Crippen molar-refractivity contribution in [3.8, 4) is 22.8 Å². The van der Waals surface area contributed by atoms with Crippen LogP contribution >= 0.6 is 0 Å². The van der Waals surface area contributed by atoms with Gasteiger partial charge in [-0.1, -0.05) is 50.0 Å². The molecule has 7 heteroatoms. The molecule has 2 aromatic carbocycles. The molecule has 152 valence electrons. The minimum Gasteiger partial charge on any atom is -0.476 e. The highest BCUT2D eigenvalue weighted by atomic mass is 28.3. The van der Waals surface area contributed by atoms with Gasteiger partial charge in [0, 0.05) is 20.2 Å². The van der Waals surface area contributed by atoms with Crippen LogP contribution in [0.4, 0.5) is 0 Å². The monoisotopic (exact) mass is 410 g/mol. The van der Waals surface area contributed by atoms with Gasteiger partial charge in [0.1, 0.15) is 18.2 Å². The van der Waals surface area contributed by atoms with Crippen molar-refractivity contribution in [1.29, 1.82) is 0 Å². The summed E-state index contributed by atoms with van der Waals surface area (Å²) in [7, 11) is -1.21. The zero-order valence-electron chi connectivity index (χ0n) is 17.0. The average molecular weight is 411 g/mol. The number of hydrogen-bond donors (Lipinski definition) is 1. The van der Waals surface area contributed by atoms with E-state index in [-0.39, 0.29) is 12.4 Å². The molecule has 3 aromatic rings. The summed E-state index contributed by atoms with van der Waals surface area (Å²) in [5, 5.41) is 13.6. The first-order valence-electron chi connectivity index (χ1n) is 9.55. The van der Waals surface area contributed by atoms with Crippen LogP contribution in [-0.2, 0) is 11.5 Å². The second kappa shape index (κ2) is 9.06. The highest BCUT2D eigenvalue weighted by Crippen LogP contribution is 2.33. The molecule has 1 aromatic heterocycles. The Morgan fingerprint density at radius 3 is 2.45 bits per heavy atom. The molecule has 3 rings (SSSR count). The zero-order valence-corrected chi connectivity index (χ0v) is 18.0. The Kier molecular flexibility index (Phi) is 6.51. The molecule has 0 unspecified atom stereocenters. The summed E-state index contributed by atoms with van der Waals surface area (Å²) in [5.74, 6) is 0.253. The number of para-hydroxylation sites is 2. The van der Waals surface area contributed by atoms with Crippen molar-refractivity contribution >= 4 is 14.0 Å². The summed E-state index contributed by atoms with van der Waals surface area (Å²) in [4.78, 5) is 11.5. The first-order chi connectivity index (χ1) is 13.8. The molecular weight excluding hydrogens is 384 g/mol. The number of benzene rings is 2. The summed E-state index contributed by atoms with van der Waals surface area (Å²) >= 11 is 0. The molecule has 0 amide bonds. The van der Waals surface area contributed by atoms with E-state index in [1.165, 1.54) is 0 Å². The van der Waals surface area contributed by atoms with Crippen LogP contribution in [0.5, 0.6) is 11.5 Å². The van der Waals surface area contributed by atoms with Crippen molar-refractivity contribution in [3.05, 3.63) is 66.4 Å². The van der Waals surface area contributed by atoms with Gasteiger partial charge < -0.3 is 14.6 Å². The zero-order chi connectivity index (χ0) is 20.9. The third-order valence-electron chi connectivity index (χ3n) is 4.34. The Labute approximate surface area is 171 Å². The number of carbonyl (C=O) groups is 1. The predicted octanol–water partition coefficient (Wildman–Crippen LogP) is 5.35. The van der Waals surface area contributed by atoms with Crippen molar-refractivity contribution in [2.45, 2.75) is 32.4 Å². The first kappa shape index (κ1) is 20.8. The van der Waals surface area contributed by atoms with E-state index in [1.807, 2.05) is 54.6 Å². The second-order valence-corrected chi connectivity index (χ2v) is 13.6. The van der Waals surface area contributed by atoms with Gasteiger partial charge in [0.05, 0.1) is 5.69 Å². The number of carboxylic acids is 1. The van der Waals surface area contributed by atoms with Crippen LogP contribution < -0.4 is 4.74 Å². The van der Waals surface area contributed by atoms with Crippen LogP contribution in [0.3, 0.4) is 0 Å². The lowest BCUT2D eigenvalue weighted by molar-refractivity contribution is 0.0673. The first-order valence-corrected chi connectivity index (χ1v) is 13.3. The number of carboxylic acid groups (broad SMARTS) is 1. The Morgan fingerprint density at radius 1 is 1.07 bits per heavy atom. The quantitative estimate of drug-likeness (QED) is 0.380. The molecule has 0 saturated heterocycles. The SMILES string of the molecule is C[Si](C)(C)CCOCn1nc(C(=O)O)cc1-c1ccccc1Oc1ccccc1. The minimum atomic E-state index is -1.21. The van der Waals surface area contributed by atoms with Crippen LogP contribution in [0.25, 0.3) is 11.3 Å². The summed E-state index contributed by atoms with van der Waals surface area (Å²) < 4.78 is 13.4. The van der Waals surface area contributed by atoms with E-state index in [4.69, 9.17) is 9.47 Å². The fraction of sp³-hybridized carbons (Fsp3) is 0.273. The predicted molar refractivity (Wildman–Crippen MR) is 115 cm³/mol. The van der Waals surface area contributed by atoms with E-state index in [1.54, 1.807) is 10.7 Å². The van der Waals surface area contributed by atoms with Gasteiger partial charge in [-0.05, 0) is 36.4 Å². The molecule has 0 saturated carbocycles. The van der Waals surface area contributed by atoms with Crippen LogP contribution in [-0.4, -0.2) is 35.5 Å². The standard InChI is InChI=1S/C22H26N2O4Si/c1-29(2,3)14-13-27-16-24-20(15-19(23-24)22(25)26)18-11-7-8-12-21(18)28-17-9-5-4-6-10-17/h4-12,15H,13-14,16H2,1-3H3,(H,25,26). The van der Waals surface area contributed by atoms with Crippen LogP contribution in [0.2, 0.25) is 25.7 Å². The van der Waals surface area contributed by atoms with Crippen LogP contribution in [0.15, 0.2) is 60.7 Å². The van der Waals surface area contributed by atoms with E-state index in [0.717, 1.165) is 11.6 Å². The lowest BCUT2D eigenvalue weighted by atomic mass is 10.1. The highest BCUT2D eigenvalue weighted by molar-refractivity contribution is 6.76. The van der Waals surface area contributed by atoms with Gasteiger partial charge in [0.25, 0.3) is 0 Å². The van der Waals surface area contributed by atoms with Gasteiger partial charge in [0.2, 0.25) is 0 Å². The third-order valence-corrected chi connectivity index (χ3v) is 6.05. The molecule has 0 radical (unpaired) electrons. The lowest BCUT2D eigenvalue weighted by Crippen LogP contribution is -2.22. The maximum atomic E-state index is 11.5. The molecule has 0 aliphatic heterocycles. The van der Waals surface area contributed by atoms with E-state index in [9.17, 15) is 9.90 Å². The summed E-state index contributed by atoms with van der Waals surface area (Å²) in [6, 6.07) is 19.6. The van der Waals surface area contributed by atoms with E-state index in [0.29, 0.717) is 23.8 Å². The van der Waals surface area contributed by atoms with Gasteiger partial charge in [0.15, 0.2) is 5.69 Å². The number of hydrogen-bond acceptors (Lipinski definition) is 4. The van der Waals surface area contributed by atoms with Crippen molar-refractivity contribution in [3.63, 3.8) is 0 Å². The molecule has 0 aliphatic carbocycles. The summed E-state index contributed by atoms with van der Waals surface area (Å²) in [5.41, 5.74) is 1.37. The Bertz CT molecular complexity index is 964. The number of rotatable bonds is 9. The molecule has 0 spiro atoms. The molecule has 1 N–H and O–H groups in total. The van der Waals surface area contributed by atoms with Gasteiger partial charge in [-0.3, -0.25) is 0 Å². The van der Waals surface area contributed by atoms with Crippen molar-refractivity contribution in [2.75, 3.05) is 6.61 Å². The summed E-state index contributed by atoms with van der Waals surface area (Å²) in [6.07, 6.45) is 0. The molecule has 0 fully saturated rings. The molecule has 29 heavy (non-hydrogen) atoms. The van der Waals surface area contributed by atoms with E-state index >= 15 is 0 Å². The molecule has 6 nitrogen and oxygen atoms in total. The third kappa shape index (κ3) is 5.79. The van der Waals surface area contributed by atoms with Crippen molar-refractivity contribution in [1.82, 2.24) is 9.78 Å². The van der Waals surface area contributed by atoms with E-state index in [2.05, 4.69) is 24.7 Å². The van der Waals surface area contributed by atoms with Crippen molar-refractivity contribution in [2.24, 2.45) is 0 Å². The molecule has 0 aliphatic rings. The van der Waals surface area contributed by atoms with Gasteiger partial charge in [-0.2, -0.15) is 5.10 Å². The lowest BCUT2D eigenvalue weighted by Gasteiger charge is -2.16. The number of nitrogens with zero attached hydrogens (tertiary/aromatic N) is 2. The Hall–Kier alpha value is -2.90. The van der Waals surface area contributed by atoms with Gasteiger partial charge in [-0.15, -0.1) is 0 Å². The Morgan fingerprint density at radius 2 is 1.76 bits per heavy atom. The topological polar surface area (TPSA) is 73.6 Å². The number of aromatic carboxylic acids is 1. The number of aromatic nitrogens is 2. The second-order valence-electron chi connectivity index (χ2n) is 7.98. The highest BCUT2D eigenvalue weighted by Gasteiger charge is 2.18. The average Bonchev–Trinajstić information content (AvgIpc) is 3.10. The number of ether oxygens (including phenoxy) is 2. The fourth-order valence-electron chi connectivity index (χ4n) is 2.75. The molecule has 0 bridgehead atoms. The maximum absolute atomic E-state index is 11.5. The fourth-order valence-corrected chi connectivity index (χ4v) is 3.51. The normalized spacial score (nSPS) is 11.4. The van der Waals surface area contributed by atoms with Crippen molar-refractivity contribution < 1.29 is 19.4 Å². The van der Waals surface area contributed by atoms with Crippen LogP contribution in [0.1, 0.15) is 10.5 Å². The molecule has 1 heterocycles. The summed E-state index contributed by atoms with van der Waals surface area (Å²) in [6.45, 7) is 7.67. The van der Waals surface area contributed by atoms with E-state index < -0.39 is 14.0 Å². The largest absolute Gasteiger partial charge is 0.476 e.